The number of hydrogen-bond donors (Lipinski definition) is 1. The first-order chi connectivity index (χ1) is 10.1. The zero-order valence-corrected chi connectivity index (χ0v) is 13.5. The van der Waals surface area contributed by atoms with Crippen molar-refractivity contribution in [2.24, 2.45) is 13.0 Å². The minimum Gasteiger partial charge on any atom is -0.311 e. The van der Waals surface area contributed by atoms with Gasteiger partial charge in [-0.25, -0.2) is 0 Å². The molecule has 1 saturated heterocycles. The summed E-state index contributed by atoms with van der Waals surface area (Å²) in [4.78, 5) is 4.20. The predicted octanol–water partition coefficient (Wildman–Crippen LogP) is 1.34. The van der Waals surface area contributed by atoms with Crippen molar-refractivity contribution >= 4 is 0 Å². The van der Waals surface area contributed by atoms with E-state index in [1.807, 2.05) is 7.05 Å². The van der Waals surface area contributed by atoms with Gasteiger partial charge < -0.3 is 5.32 Å². The van der Waals surface area contributed by atoms with E-state index in [4.69, 9.17) is 0 Å². The maximum atomic E-state index is 4.38. The van der Waals surface area contributed by atoms with Crippen LogP contribution < -0.4 is 5.32 Å². The molecule has 1 spiro atoms. The Kier molecular flexibility index (Phi) is 4.26. The number of nitrogens with zero attached hydrogens (tertiary/aromatic N) is 5. The van der Waals surface area contributed by atoms with Crippen molar-refractivity contribution in [3.63, 3.8) is 0 Å². The van der Waals surface area contributed by atoms with E-state index >= 15 is 0 Å². The molecule has 0 aromatic carbocycles. The van der Waals surface area contributed by atoms with Gasteiger partial charge in [0.1, 0.15) is 0 Å². The molecule has 2 heterocycles. The molecular formula is C15H28N6. The molecule has 21 heavy (non-hydrogen) atoms. The average molecular weight is 292 g/mol. The minimum absolute atomic E-state index is 0.323. The molecule has 1 aliphatic carbocycles. The van der Waals surface area contributed by atoms with Crippen molar-refractivity contribution in [3.05, 3.63) is 5.82 Å². The van der Waals surface area contributed by atoms with Gasteiger partial charge in [-0.05, 0) is 24.0 Å². The second-order valence-electron chi connectivity index (χ2n) is 6.88. The molecule has 0 amide bonds. The third-order valence-corrected chi connectivity index (χ3v) is 5.53. The van der Waals surface area contributed by atoms with Gasteiger partial charge in [0.15, 0.2) is 5.82 Å². The third kappa shape index (κ3) is 2.97. The van der Waals surface area contributed by atoms with Crippen molar-refractivity contribution in [2.45, 2.75) is 64.1 Å². The van der Waals surface area contributed by atoms with Crippen LogP contribution in [0.15, 0.2) is 0 Å². The average Bonchev–Trinajstić information content (AvgIpc) is 3.11. The predicted molar refractivity (Wildman–Crippen MR) is 81.7 cm³/mol. The van der Waals surface area contributed by atoms with E-state index in [9.17, 15) is 0 Å². The van der Waals surface area contributed by atoms with Gasteiger partial charge in [-0.3, -0.25) is 4.90 Å². The molecule has 1 aromatic rings. The smallest absolute Gasteiger partial charge is 0.188 e. The van der Waals surface area contributed by atoms with Crippen LogP contribution in [0.4, 0.5) is 0 Å². The highest BCUT2D eigenvalue weighted by Gasteiger charge is 2.44. The minimum atomic E-state index is 0.323. The maximum Gasteiger partial charge on any atom is 0.188 e. The van der Waals surface area contributed by atoms with E-state index in [2.05, 4.69) is 39.5 Å². The van der Waals surface area contributed by atoms with Crippen LogP contribution in [0.1, 0.15) is 51.8 Å². The van der Waals surface area contributed by atoms with Gasteiger partial charge in [-0.1, -0.05) is 33.1 Å². The number of rotatable bonds is 4. The summed E-state index contributed by atoms with van der Waals surface area (Å²) in [5, 5.41) is 16.4. The second kappa shape index (κ2) is 6.01. The van der Waals surface area contributed by atoms with Crippen molar-refractivity contribution in [1.82, 2.24) is 30.4 Å². The highest BCUT2D eigenvalue weighted by molar-refractivity contribution is 5.03. The van der Waals surface area contributed by atoms with E-state index in [1.54, 1.807) is 4.80 Å². The fraction of sp³-hybridized carbons (Fsp3) is 0.933. The Morgan fingerprint density at radius 1 is 1.38 bits per heavy atom. The first-order valence-electron chi connectivity index (χ1n) is 8.34. The fourth-order valence-corrected chi connectivity index (χ4v) is 3.91. The van der Waals surface area contributed by atoms with E-state index in [1.165, 1.54) is 32.1 Å². The summed E-state index contributed by atoms with van der Waals surface area (Å²) in [6.45, 7) is 7.68. The van der Waals surface area contributed by atoms with Crippen LogP contribution in [-0.2, 0) is 13.6 Å². The number of tetrazole rings is 1. The van der Waals surface area contributed by atoms with Crippen LogP contribution in [0, 0.1) is 5.92 Å². The first kappa shape index (κ1) is 14.9. The van der Waals surface area contributed by atoms with Gasteiger partial charge in [0.25, 0.3) is 0 Å². The van der Waals surface area contributed by atoms with Gasteiger partial charge >= 0.3 is 0 Å². The lowest BCUT2D eigenvalue weighted by molar-refractivity contribution is 0.0218. The number of piperazine rings is 1. The topological polar surface area (TPSA) is 58.9 Å². The maximum absolute atomic E-state index is 4.38. The van der Waals surface area contributed by atoms with Gasteiger partial charge in [0, 0.05) is 24.7 Å². The summed E-state index contributed by atoms with van der Waals surface area (Å²) in [6, 6.07) is 0.581. The monoisotopic (exact) mass is 292 g/mol. The Morgan fingerprint density at radius 2 is 2.14 bits per heavy atom. The molecule has 2 fully saturated rings. The molecule has 6 nitrogen and oxygen atoms in total. The molecule has 1 aliphatic heterocycles. The Bertz CT molecular complexity index is 464. The molecule has 1 N–H and O–H groups in total. The molecule has 0 radical (unpaired) electrons. The normalized spacial score (nSPS) is 27.3. The highest BCUT2D eigenvalue weighted by atomic mass is 15.6. The zero-order valence-electron chi connectivity index (χ0n) is 13.5. The molecule has 6 heteroatoms. The molecule has 2 atom stereocenters. The third-order valence-electron chi connectivity index (χ3n) is 5.53. The van der Waals surface area contributed by atoms with Crippen LogP contribution in [0.5, 0.6) is 0 Å². The zero-order chi connectivity index (χ0) is 14.9. The first-order valence-corrected chi connectivity index (χ1v) is 8.34. The van der Waals surface area contributed by atoms with Gasteiger partial charge in [-0.15, -0.1) is 10.2 Å². The lowest BCUT2D eigenvalue weighted by atomic mass is 9.87. The summed E-state index contributed by atoms with van der Waals surface area (Å²) in [6.07, 6.45) is 6.52. The van der Waals surface area contributed by atoms with Gasteiger partial charge in [0.05, 0.1) is 13.6 Å². The Balaban J connectivity index is 1.76. The van der Waals surface area contributed by atoms with Gasteiger partial charge in [0.2, 0.25) is 0 Å². The molecule has 1 aromatic heterocycles. The summed E-state index contributed by atoms with van der Waals surface area (Å²) in [5.41, 5.74) is 0.323. The Morgan fingerprint density at radius 3 is 2.76 bits per heavy atom. The summed E-state index contributed by atoms with van der Waals surface area (Å²) in [7, 11) is 1.83. The lowest BCUT2D eigenvalue weighted by Crippen LogP contribution is -2.64. The summed E-state index contributed by atoms with van der Waals surface area (Å²) >= 11 is 0. The molecular weight excluding hydrogens is 264 g/mol. The van der Waals surface area contributed by atoms with Crippen molar-refractivity contribution in [2.75, 3.05) is 13.1 Å². The van der Waals surface area contributed by atoms with E-state index in [-0.39, 0.29) is 0 Å². The Labute approximate surface area is 127 Å². The highest BCUT2D eigenvalue weighted by Crippen LogP contribution is 2.38. The summed E-state index contributed by atoms with van der Waals surface area (Å²) in [5.74, 6) is 1.56. The summed E-state index contributed by atoms with van der Waals surface area (Å²) < 4.78 is 0. The van der Waals surface area contributed by atoms with E-state index in [0.717, 1.165) is 25.5 Å². The number of nitrogens with one attached hydrogen (secondary N) is 1. The quantitative estimate of drug-likeness (QED) is 0.907. The van der Waals surface area contributed by atoms with Gasteiger partial charge in [-0.2, -0.15) is 4.80 Å². The standard InChI is InChI=1S/C15H28N6/c1-4-12(2)13-9-21(10-14-17-19-20(3)18-14)15(11-16-13)7-5-6-8-15/h12-13,16H,4-11H2,1-3H3. The molecule has 3 rings (SSSR count). The van der Waals surface area contributed by atoms with Crippen LogP contribution in [0.3, 0.4) is 0 Å². The van der Waals surface area contributed by atoms with Crippen molar-refractivity contribution in [3.8, 4) is 0 Å². The van der Waals surface area contributed by atoms with Crippen LogP contribution in [0.25, 0.3) is 0 Å². The van der Waals surface area contributed by atoms with Crippen molar-refractivity contribution < 1.29 is 0 Å². The Hall–Kier alpha value is -1.01. The SMILES string of the molecule is CCC(C)C1CN(Cc2nnn(C)n2)C2(CCCC2)CN1. The van der Waals surface area contributed by atoms with Crippen molar-refractivity contribution in [1.29, 1.82) is 0 Å². The van der Waals surface area contributed by atoms with Crippen LogP contribution in [0.2, 0.25) is 0 Å². The molecule has 1 saturated carbocycles. The second-order valence-corrected chi connectivity index (χ2v) is 6.88. The number of aryl methyl sites for hydroxylation is 1. The van der Waals surface area contributed by atoms with Crippen LogP contribution in [-0.4, -0.2) is 49.8 Å². The molecule has 2 aliphatic rings. The fourth-order valence-electron chi connectivity index (χ4n) is 3.91. The molecule has 2 unspecified atom stereocenters. The molecule has 118 valence electrons. The molecule has 0 bridgehead atoms. The number of aromatic nitrogens is 4. The largest absolute Gasteiger partial charge is 0.311 e. The van der Waals surface area contributed by atoms with E-state index < -0.39 is 0 Å². The number of hydrogen-bond acceptors (Lipinski definition) is 5. The lowest BCUT2D eigenvalue weighted by Gasteiger charge is -2.49. The van der Waals surface area contributed by atoms with Crippen LogP contribution >= 0.6 is 0 Å². The van der Waals surface area contributed by atoms with E-state index in [0.29, 0.717) is 17.5 Å².